The molecule has 222 valence electrons. The van der Waals surface area contributed by atoms with Crippen LogP contribution in [-0.4, -0.2) is 6.88 Å². The SMILES string of the molecule is CC(C)(C)c1ccc2c(c1)[cH-]c1cc(C(C)(C)C)ccc12.Cc1cc2ccccc2[cH-]1.Cl.Cl.[CH3-].[Si]=[Zr].[c-]1ccccc1. The average molecular weight is 691 g/mol. The Labute approximate surface area is 284 Å². The van der Waals surface area contributed by atoms with Crippen LogP contribution in [0.5, 0.6) is 0 Å². The minimum absolute atomic E-state index is 0. The van der Waals surface area contributed by atoms with E-state index in [1.807, 2.05) is 30.3 Å². The van der Waals surface area contributed by atoms with E-state index in [9.17, 15) is 0 Å². The summed E-state index contributed by atoms with van der Waals surface area (Å²) in [6.07, 6.45) is 0. The molecule has 0 aliphatic heterocycles. The quantitative estimate of drug-likeness (QED) is 0.110. The molecule has 0 aromatic heterocycles. The van der Waals surface area contributed by atoms with E-state index in [1.165, 1.54) is 72.3 Å². The molecule has 0 amide bonds. The topological polar surface area (TPSA) is 0 Å². The number of halogens is 2. The number of fused-ring (bicyclic) bond motifs is 4. The van der Waals surface area contributed by atoms with Gasteiger partial charge in [0.05, 0.1) is 0 Å². The monoisotopic (exact) mass is 688 g/mol. The summed E-state index contributed by atoms with van der Waals surface area (Å²) in [6.45, 7) is 18.8. The Balaban J connectivity index is 0.000000669. The molecule has 42 heavy (non-hydrogen) atoms. The fraction of sp³-hybridized carbons (Fsp3) is 0.237. The van der Waals surface area contributed by atoms with Gasteiger partial charge in [0.1, 0.15) is 0 Å². The second-order valence-corrected chi connectivity index (χ2v) is 12.0. The summed E-state index contributed by atoms with van der Waals surface area (Å²) in [7, 11) is 0. The molecule has 2 radical (unpaired) electrons. The third-order valence-corrected chi connectivity index (χ3v) is 6.81. The summed E-state index contributed by atoms with van der Waals surface area (Å²) in [5.41, 5.74) is 4.56. The summed E-state index contributed by atoms with van der Waals surface area (Å²) in [4.78, 5) is 0. The molecule has 0 heterocycles. The largest absolute Gasteiger partial charge is 0.184 e. The normalized spacial score (nSPS) is 10.3. The summed E-state index contributed by atoms with van der Waals surface area (Å²) < 4.78 is 0. The smallest absolute Gasteiger partial charge is 0.171 e. The fourth-order valence-electron chi connectivity index (χ4n) is 4.60. The van der Waals surface area contributed by atoms with Crippen molar-refractivity contribution in [2.75, 3.05) is 0 Å². The summed E-state index contributed by atoms with van der Waals surface area (Å²) in [5, 5.41) is 8.17. The molecule has 6 aromatic rings. The number of benzene rings is 4. The van der Waals surface area contributed by atoms with Crippen LogP contribution in [0.4, 0.5) is 0 Å². The van der Waals surface area contributed by atoms with Gasteiger partial charge in [0.2, 0.25) is 0 Å². The molecule has 6 aromatic carbocycles. The van der Waals surface area contributed by atoms with Crippen molar-refractivity contribution in [2.45, 2.75) is 59.3 Å². The van der Waals surface area contributed by atoms with Crippen molar-refractivity contribution in [3.63, 3.8) is 0 Å². The summed E-state index contributed by atoms with van der Waals surface area (Å²) >= 11 is 1.36. The first-order chi connectivity index (χ1) is 18.5. The molecule has 0 unspecified atom stereocenters. The Hall–Kier alpha value is -1.96. The van der Waals surface area contributed by atoms with E-state index in [4.69, 9.17) is 0 Å². The van der Waals surface area contributed by atoms with Crippen LogP contribution in [0, 0.1) is 20.4 Å². The van der Waals surface area contributed by atoms with Gasteiger partial charge in [-0.2, -0.15) is 42.5 Å². The molecular formula is C38H44Cl2SiZr-4. The molecule has 0 aliphatic rings. The second kappa shape index (κ2) is 18.0. The maximum atomic E-state index is 3.06. The first-order valence-corrected chi connectivity index (χ1v) is 17.6. The molecule has 0 atom stereocenters. The number of hydrogen-bond acceptors (Lipinski definition) is 0. The van der Waals surface area contributed by atoms with Gasteiger partial charge in [-0.1, -0.05) is 89.9 Å². The number of rotatable bonds is 0. The van der Waals surface area contributed by atoms with Crippen LogP contribution in [-0.2, 0) is 34.2 Å². The average Bonchev–Trinajstić information content (AvgIpc) is 3.49. The Morgan fingerprint density at radius 1 is 0.595 bits per heavy atom. The molecule has 0 bridgehead atoms. The molecule has 6 rings (SSSR count). The molecular weight excluding hydrogens is 647 g/mol. The van der Waals surface area contributed by atoms with Gasteiger partial charge in [-0.25, -0.2) is 0 Å². The maximum Gasteiger partial charge on any atom is -0.171 e. The van der Waals surface area contributed by atoms with Gasteiger partial charge in [-0.3, -0.25) is 0 Å². The minimum Gasteiger partial charge on any atom is -0.184 e. The van der Waals surface area contributed by atoms with Gasteiger partial charge in [0.15, 0.2) is 0 Å². The Kier molecular flexibility index (Phi) is 17.1. The Morgan fingerprint density at radius 3 is 1.45 bits per heavy atom. The van der Waals surface area contributed by atoms with Crippen molar-refractivity contribution >= 4 is 64.0 Å². The van der Waals surface area contributed by atoms with Crippen LogP contribution in [0.15, 0.2) is 109 Å². The van der Waals surface area contributed by atoms with E-state index in [0.717, 1.165) is 0 Å². The van der Waals surface area contributed by atoms with Crippen LogP contribution in [0.25, 0.3) is 32.3 Å². The minimum atomic E-state index is 0. The third-order valence-electron chi connectivity index (χ3n) is 6.81. The van der Waals surface area contributed by atoms with E-state index in [0.29, 0.717) is 0 Å². The van der Waals surface area contributed by atoms with E-state index in [-0.39, 0.29) is 43.1 Å². The van der Waals surface area contributed by atoms with Crippen LogP contribution >= 0.6 is 24.8 Å². The molecule has 4 heteroatoms. The summed E-state index contributed by atoms with van der Waals surface area (Å²) in [5.74, 6) is 0. The van der Waals surface area contributed by atoms with E-state index in [1.54, 1.807) is 0 Å². The molecule has 0 saturated heterocycles. The molecule has 0 N–H and O–H groups in total. The zero-order valence-electron chi connectivity index (χ0n) is 26.2. The van der Waals surface area contributed by atoms with Crippen LogP contribution in [0.3, 0.4) is 0 Å². The molecule has 0 nitrogen and oxygen atoms in total. The van der Waals surface area contributed by atoms with Crippen LogP contribution < -0.4 is 0 Å². The van der Waals surface area contributed by atoms with Crippen molar-refractivity contribution in [1.29, 1.82) is 0 Å². The van der Waals surface area contributed by atoms with Crippen LogP contribution in [0.2, 0.25) is 0 Å². The van der Waals surface area contributed by atoms with Crippen molar-refractivity contribution in [3.8, 4) is 0 Å². The van der Waals surface area contributed by atoms with Crippen molar-refractivity contribution < 1.29 is 23.3 Å². The predicted molar refractivity (Wildman–Crippen MR) is 191 cm³/mol. The van der Waals surface area contributed by atoms with Gasteiger partial charge < -0.3 is 7.43 Å². The maximum absolute atomic E-state index is 3.06. The van der Waals surface area contributed by atoms with Crippen molar-refractivity contribution in [3.05, 3.63) is 139 Å². The fourth-order valence-corrected chi connectivity index (χ4v) is 4.60. The van der Waals surface area contributed by atoms with Crippen molar-refractivity contribution in [1.82, 2.24) is 0 Å². The summed E-state index contributed by atoms with van der Waals surface area (Å²) in [6, 6.07) is 41.5. The standard InChI is InChI=1S/C21H25.C10H9.C6H5.CH3.2ClH.Si.Zr/c1-20(2,3)16-7-9-18-14(12-16)11-15-13-17(21(4,5)6)8-10-19(15)18;1-8-6-9-4-2-3-5-10(9)7-8;1-2-4-6-5-3-1;;;;;/h7-13H,1-6H3;2-7H,1H3;1-5H;1H3;2*1H;;/q4*-1;;;;. The first-order valence-electron chi connectivity index (χ1n) is 13.4. The van der Waals surface area contributed by atoms with E-state index >= 15 is 0 Å². The Morgan fingerprint density at radius 2 is 1.07 bits per heavy atom. The van der Waals surface area contributed by atoms with Crippen molar-refractivity contribution in [2.24, 2.45) is 0 Å². The van der Waals surface area contributed by atoms with E-state index in [2.05, 4.69) is 140 Å². The predicted octanol–water partition coefficient (Wildman–Crippen LogP) is 11.6. The molecule has 0 saturated carbocycles. The van der Waals surface area contributed by atoms with Gasteiger partial charge in [-0.15, -0.1) is 105 Å². The van der Waals surface area contributed by atoms with Gasteiger partial charge in [0.25, 0.3) is 0 Å². The number of aryl methyl sites for hydroxylation is 1. The second-order valence-electron chi connectivity index (χ2n) is 12.0. The van der Waals surface area contributed by atoms with Gasteiger partial charge in [0, 0.05) is 0 Å². The zero-order chi connectivity index (χ0) is 28.6. The Bertz CT molecular complexity index is 1490. The van der Waals surface area contributed by atoms with Gasteiger partial charge >= 0.3 is 30.2 Å². The number of hydrogen-bond donors (Lipinski definition) is 0. The first kappa shape index (κ1) is 40.0. The molecule has 0 fully saturated rings. The third kappa shape index (κ3) is 10.9. The van der Waals surface area contributed by atoms with E-state index < -0.39 is 0 Å². The zero-order valence-corrected chi connectivity index (χ0v) is 31.3. The van der Waals surface area contributed by atoms with Gasteiger partial charge in [-0.05, 0) is 10.8 Å². The molecule has 0 spiro atoms. The molecule has 0 aliphatic carbocycles. The van der Waals surface area contributed by atoms with Crippen LogP contribution in [0.1, 0.15) is 58.2 Å².